The van der Waals surface area contributed by atoms with Gasteiger partial charge in [0.05, 0.1) is 0 Å². The van der Waals surface area contributed by atoms with E-state index in [-0.39, 0.29) is 5.63 Å². The molecule has 0 spiro atoms. The summed E-state index contributed by atoms with van der Waals surface area (Å²) in [6, 6.07) is 3.05. The van der Waals surface area contributed by atoms with Crippen LogP contribution in [0.15, 0.2) is 38.1 Å². The van der Waals surface area contributed by atoms with Gasteiger partial charge < -0.3 is 4.42 Å². The van der Waals surface area contributed by atoms with Crippen molar-refractivity contribution in [1.29, 1.82) is 0 Å². The molecule has 1 aliphatic heterocycles. The summed E-state index contributed by atoms with van der Waals surface area (Å²) in [5.41, 5.74) is 1.39. The van der Waals surface area contributed by atoms with E-state index in [4.69, 9.17) is 4.42 Å². The van der Waals surface area contributed by atoms with E-state index >= 15 is 0 Å². The van der Waals surface area contributed by atoms with Crippen molar-refractivity contribution in [3.63, 3.8) is 0 Å². The summed E-state index contributed by atoms with van der Waals surface area (Å²) in [4.78, 5) is 15.1. The van der Waals surface area contributed by atoms with E-state index in [0.29, 0.717) is 5.42 Å². The second-order valence-electron chi connectivity index (χ2n) is 3.02. The Labute approximate surface area is 74.7 Å². The first-order valence-electron chi connectivity index (χ1n) is 4.09. The summed E-state index contributed by atoms with van der Waals surface area (Å²) in [5, 5.41) is 0.719. The molecule has 1 aliphatic rings. The fourth-order valence-electron chi connectivity index (χ4n) is 1.16. The first-order valence-corrected chi connectivity index (χ1v) is 4.09. The lowest BCUT2D eigenvalue weighted by Crippen LogP contribution is -2.27. The maximum Gasteiger partial charge on any atom is 0.336 e. The van der Waals surface area contributed by atoms with E-state index in [2.05, 4.69) is 4.99 Å². The molecule has 0 N–H and O–H groups in total. The second kappa shape index (κ2) is 3.01. The molecular formula is C10H9NO2. The summed E-state index contributed by atoms with van der Waals surface area (Å²) >= 11 is 0. The van der Waals surface area contributed by atoms with E-state index in [9.17, 15) is 4.79 Å². The smallest absolute Gasteiger partial charge is 0.336 e. The summed E-state index contributed by atoms with van der Waals surface area (Å²) in [5.74, 6) is 0. The standard InChI is InChI=1S/C10H9NO2/c1-7-2-4-9-8(11-6-7)3-5-10(12)13-9/h3-6H,2H2,1H3. The number of allylic oxidation sites excluding steroid dienone is 1. The van der Waals surface area contributed by atoms with Gasteiger partial charge in [0, 0.05) is 12.3 Å². The van der Waals surface area contributed by atoms with Gasteiger partial charge in [-0.25, -0.2) is 4.79 Å². The maximum absolute atomic E-state index is 10.9. The average molecular weight is 175 g/mol. The second-order valence-corrected chi connectivity index (χ2v) is 3.02. The monoisotopic (exact) mass is 175 g/mol. The zero-order valence-electron chi connectivity index (χ0n) is 7.28. The highest BCUT2D eigenvalue weighted by atomic mass is 16.4. The Morgan fingerprint density at radius 3 is 3.15 bits per heavy atom. The van der Waals surface area contributed by atoms with Gasteiger partial charge in [0.15, 0.2) is 5.42 Å². The lowest BCUT2D eigenvalue weighted by molar-refractivity contribution is 0.470. The third-order valence-electron chi connectivity index (χ3n) is 1.87. The molecule has 13 heavy (non-hydrogen) atoms. The van der Waals surface area contributed by atoms with Crippen LogP contribution < -0.4 is 16.4 Å². The van der Waals surface area contributed by atoms with Gasteiger partial charge in [-0.3, -0.25) is 4.99 Å². The molecule has 3 nitrogen and oxygen atoms in total. The van der Waals surface area contributed by atoms with Crippen molar-refractivity contribution in [1.82, 2.24) is 0 Å². The van der Waals surface area contributed by atoms with Gasteiger partial charge in [-0.15, -0.1) is 0 Å². The lowest BCUT2D eigenvalue weighted by Gasteiger charge is -1.86. The van der Waals surface area contributed by atoms with Crippen molar-refractivity contribution in [2.75, 3.05) is 0 Å². The van der Waals surface area contributed by atoms with E-state index in [0.717, 1.165) is 17.4 Å². The van der Waals surface area contributed by atoms with Gasteiger partial charge in [0.1, 0.15) is 5.36 Å². The summed E-state index contributed by atoms with van der Waals surface area (Å²) in [7, 11) is 0. The quantitative estimate of drug-likeness (QED) is 0.571. The fourth-order valence-corrected chi connectivity index (χ4v) is 1.16. The maximum atomic E-state index is 10.9. The minimum Gasteiger partial charge on any atom is -0.421 e. The third kappa shape index (κ3) is 1.59. The predicted octanol–water partition coefficient (Wildman–Crippen LogP) is 0.347. The highest BCUT2D eigenvalue weighted by Crippen LogP contribution is 2.00. The SMILES string of the molecule is CC1=CN=c2ccc(=O)oc2=CC1. The number of fused-ring (bicyclic) bond motifs is 1. The van der Waals surface area contributed by atoms with Crippen LogP contribution in [0.4, 0.5) is 0 Å². The molecule has 1 aromatic rings. The Kier molecular flexibility index (Phi) is 1.85. The van der Waals surface area contributed by atoms with E-state index in [1.165, 1.54) is 6.07 Å². The average Bonchev–Trinajstić information content (AvgIpc) is 2.29. The fraction of sp³-hybridized carbons (Fsp3) is 0.200. The van der Waals surface area contributed by atoms with Crippen molar-refractivity contribution in [3.05, 3.63) is 45.1 Å². The molecule has 0 atom stereocenters. The molecule has 66 valence electrons. The van der Waals surface area contributed by atoms with Gasteiger partial charge in [0.25, 0.3) is 0 Å². The van der Waals surface area contributed by atoms with Gasteiger partial charge in [-0.2, -0.15) is 0 Å². The van der Waals surface area contributed by atoms with Crippen molar-refractivity contribution >= 4 is 6.08 Å². The molecular weight excluding hydrogens is 166 g/mol. The van der Waals surface area contributed by atoms with Crippen LogP contribution in [0.1, 0.15) is 13.3 Å². The summed E-state index contributed by atoms with van der Waals surface area (Å²) < 4.78 is 4.99. The van der Waals surface area contributed by atoms with Crippen LogP contribution in [0.2, 0.25) is 0 Å². The van der Waals surface area contributed by atoms with Crippen molar-refractivity contribution in [2.24, 2.45) is 4.99 Å². The molecule has 0 saturated carbocycles. The Morgan fingerprint density at radius 1 is 1.46 bits per heavy atom. The topological polar surface area (TPSA) is 42.6 Å². The Balaban J connectivity index is 2.78. The normalized spacial score (nSPS) is 14.7. The van der Waals surface area contributed by atoms with Crippen molar-refractivity contribution < 1.29 is 4.42 Å². The van der Waals surface area contributed by atoms with Crippen molar-refractivity contribution in [2.45, 2.75) is 13.3 Å². The number of nitrogens with zero attached hydrogens (tertiary/aromatic N) is 1. The molecule has 2 rings (SSSR count). The minimum absolute atomic E-state index is 0.329. The summed E-state index contributed by atoms with van der Waals surface area (Å²) in [6.45, 7) is 1.99. The van der Waals surface area contributed by atoms with E-state index in [1.807, 2.05) is 13.0 Å². The Hall–Kier alpha value is -1.64. The first kappa shape index (κ1) is 7.98. The summed E-state index contributed by atoms with van der Waals surface area (Å²) in [6.07, 6.45) is 4.45. The van der Waals surface area contributed by atoms with Crippen LogP contribution in [-0.2, 0) is 0 Å². The van der Waals surface area contributed by atoms with Crippen LogP contribution in [0.3, 0.4) is 0 Å². The molecule has 2 heterocycles. The van der Waals surface area contributed by atoms with Crippen molar-refractivity contribution in [3.8, 4) is 0 Å². The highest BCUT2D eigenvalue weighted by molar-refractivity contribution is 5.26. The predicted molar refractivity (Wildman–Crippen MR) is 48.6 cm³/mol. The Bertz CT molecular complexity index is 523. The zero-order valence-corrected chi connectivity index (χ0v) is 7.28. The molecule has 0 aromatic carbocycles. The zero-order chi connectivity index (χ0) is 9.26. The Morgan fingerprint density at radius 2 is 2.31 bits per heavy atom. The van der Waals surface area contributed by atoms with Gasteiger partial charge in [0.2, 0.25) is 0 Å². The number of hydrogen-bond donors (Lipinski definition) is 0. The largest absolute Gasteiger partial charge is 0.421 e. The van der Waals surface area contributed by atoms with Crippen LogP contribution in [0, 0.1) is 0 Å². The van der Waals surface area contributed by atoms with Crippen LogP contribution >= 0.6 is 0 Å². The molecule has 0 bridgehead atoms. The van der Waals surface area contributed by atoms with Gasteiger partial charge in [-0.05, 0) is 25.5 Å². The minimum atomic E-state index is -0.329. The molecule has 3 heteroatoms. The highest BCUT2D eigenvalue weighted by Gasteiger charge is 1.95. The number of hydrogen-bond acceptors (Lipinski definition) is 3. The van der Waals surface area contributed by atoms with E-state index in [1.54, 1.807) is 12.3 Å². The van der Waals surface area contributed by atoms with Gasteiger partial charge in [-0.1, -0.05) is 5.57 Å². The molecule has 1 aromatic heterocycles. The first-order chi connectivity index (χ1) is 6.25. The van der Waals surface area contributed by atoms with Crippen LogP contribution in [0.5, 0.6) is 0 Å². The molecule has 0 aliphatic carbocycles. The van der Waals surface area contributed by atoms with Crippen LogP contribution in [0.25, 0.3) is 6.08 Å². The van der Waals surface area contributed by atoms with E-state index < -0.39 is 0 Å². The third-order valence-corrected chi connectivity index (χ3v) is 1.87. The van der Waals surface area contributed by atoms with Crippen LogP contribution in [-0.4, -0.2) is 0 Å². The molecule has 0 unspecified atom stereocenters. The number of rotatable bonds is 0. The molecule has 0 amide bonds. The van der Waals surface area contributed by atoms with Gasteiger partial charge >= 0.3 is 5.63 Å². The molecule has 0 saturated heterocycles. The molecule has 0 radical (unpaired) electrons. The molecule has 0 fully saturated rings. The lowest BCUT2D eigenvalue weighted by atomic mass is 10.2.